The lowest BCUT2D eigenvalue weighted by molar-refractivity contribution is 0.571. The fourth-order valence-corrected chi connectivity index (χ4v) is 3.49. The van der Waals surface area contributed by atoms with Gasteiger partial charge in [-0.05, 0) is 48.9 Å². The van der Waals surface area contributed by atoms with Crippen LogP contribution >= 0.6 is 11.6 Å². The number of para-hydroxylation sites is 1. The zero-order valence-corrected chi connectivity index (χ0v) is 13.2. The second-order valence-corrected chi connectivity index (χ2v) is 6.53. The molecule has 1 aliphatic rings. The molecular formula is C19H22ClN. The predicted molar refractivity (Wildman–Crippen MR) is 91.3 cm³/mol. The molecular weight excluding hydrogens is 278 g/mol. The van der Waals surface area contributed by atoms with Crippen LogP contribution in [0, 0.1) is 0 Å². The fraction of sp³-hybridized carbons (Fsp3) is 0.368. The van der Waals surface area contributed by atoms with Gasteiger partial charge in [0.25, 0.3) is 0 Å². The number of hydrogen-bond acceptors (Lipinski definition) is 1. The highest BCUT2D eigenvalue weighted by Crippen LogP contribution is 2.33. The van der Waals surface area contributed by atoms with Crippen molar-refractivity contribution in [2.45, 2.75) is 37.5 Å². The van der Waals surface area contributed by atoms with Crippen molar-refractivity contribution in [3.63, 3.8) is 0 Å². The van der Waals surface area contributed by atoms with Gasteiger partial charge in [0.15, 0.2) is 0 Å². The second kappa shape index (κ2) is 6.53. The van der Waals surface area contributed by atoms with Gasteiger partial charge in [0, 0.05) is 18.2 Å². The number of hydrogen-bond donors (Lipinski definition) is 1. The molecule has 1 aliphatic carbocycles. The molecule has 0 amide bonds. The predicted octanol–water partition coefficient (Wildman–Crippen LogP) is 5.52. The first-order valence-corrected chi connectivity index (χ1v) is 8.24. The Morgan fingerprint density at radius 1 is 1.14 bits per heavy atom. The number of alkyl halides is 1. The molecule has 0 bridgehead atoms. The lowest BCUT2D eigenvalue weighted by Gasteiger charge is -2.26. The summed E-state index contributed by atoms with van der Waals surface area (Å²) in [6, 6.07) is 17.2. The van der Waals surface area contributed by atoms with Gasteiger partial charge >= 0.3 is 0 Å². The topological polar surface area (TPSA) is 12.0 Å². The van der Waals surface area contributed by atoms with E-state index in [0.717, 1.165) is 6.54 Å². The zero-order chi connectivity index (χ0) is 14.7. The van der Waals surface area contributed by atoms with Gasteiger partial charge < -0.3 is 5.32 Å². The number of nitrogens with one attached hydrogen (secondary N) is 1. The normalized spacial score (nSPS) is 18.9. The molecule has 0 saturated carbocycles. The largest absolute Gasteiger partial charge is 0.384 e. The molecule has 0 saturated heterocycles. The number of rotatable bonds is 4. The molecule has 0 radical (unpaired) electrons. The van der Waals surface area contributed by atoms with Crippen LogP contribution in [0.2, 0.25) is 0 Å². The van der Waals surface area contributed by atoms with Crippen LogP contribution in [0.4, 0.5) is 5.69 Å². The summed E-state index contributed by atoms with van der Waals surface area (Å²) in [6.45, 7) is 3.01. The number of fused-ring (bicyclic) bond motifs is 1. The Balaban J connectivity index is 1.75. The van der Waals surface area contributed by atoms with Gasteiger partial charge in [0.05, 0.1) is 5.38 Å². The highest BCUT2D eigenvalue weighted by Gasteiger charge is 2.19. The lowest BCUT2D eigenvalue weighted by atomic mass is 9.83. The molecule has 0 aromatic heterocycles. The first kappa shape index (κ1) is 14.5. The monoisotopic (exact) mass is 299 g/mol. The van der Waals surface area contributed by atoms with E-state index in [0.29, 0.717) is 5.92 Å². The summed E-state index contributed by atoms with van der Waals surface area (Å²) >= 11 is 6.27. The minimum atomic E-state index is 0.0346. The van der Waals surface area contributed by atoms with Crippen molar-refractivity contribution in [2.24, 2.45) is 0 Å². The maximum atomic E-state index is 6.27. The van der Waals surface area contributed by atoms with E-state index < -0.39 is 0 Å². The first-order valence-electron chi connectivity index (χ1n) is 7.80. The maximum absolute atomic E-state index is 6.27. The third-order valence-corrected chi connectivity index (χ3v) is 4.66. The van der Waals surface area contributed by atoms with Gasteiger partial charge in [-0.15, -0.1) is 11.6 Å². The third-order valence-electron chi connectivity index (χ3n) is 4.42. The Morgan fingerprint density at radius 3 is 2.76 bits per heavy atom. The van der Waals surface area contributed by atoms with E-state index in [4.69, 9.17) is 11.6 Å². The molecule has 2 aromatic rings. The number of benzene rings is 2. The number of halogens is 1. The Bertz CT molecular complexity index is 606. The van der Waals surface area contributed by atoms with Crippen molar-refractivity contribution in [3.8, 4) is 0 Å². The number of aryl methyl sites for hydroxylation is 1. The minimum absolute atomic E-state index is 0.0346. The minimum Gasteiger partial charge on any atom is -0.384 e. The average molecular weight is 300 g/mol. The van der Waals surface area contributed by atoms with E-state index in [1.807, 2.05) is 6.92 Å². The van der Waals surface area contributed by atoms with Crippen LogP contribution in [0.5, 0.6) is 0 Å². The summed E-state index contributed by atoms with van der Waals surface area (Å²) in [7, 11) is 0. The van der Waals surface area contributed by atoms with E-state index >= 15 is 0 Å². The molecule has 3 rings (SSSR count). The number of anilines is 1. The summed E-state index contributed by atoms with van der Waals surface area (Å²) in [5, 5.41) is 3.66. The van der Waals surface area contributed by atoms with Gasteiger partial charge in [-0.3, -0.25) is 0 Å². The molecule has 2 unspecified atom stereocenters. The molecule has 1 N–H and O–H groups in total. The quantitative estimate of drug-likeness (QED) is 0.733. The molecule has 0 heterocycles. The van der Waals surface area contributed by atoms with Crippen LogP contribution in [0.25, 0.3) is 0 Å². The average Bonchev–Trinajstić information content (AvgIpc) is 2.53. The summed E-state index contributed by atoms with van der Waals surface area (Å²) in [4.78, 5) is 0. The SMILES string of the molecule is CC(Cl)c1ccccc1NCC1CCCc2ccccc21. The second-order valence-electron chi connectivity index (χ2n) is 5.87. The van der Waals surface area contributed by atoms with E-state index in [-0.39, 0.29) is 5.38 Å². The van der Waals surface area contributed by atoms with Gasteiger partial charge in [0.2, 0.25) is 0 Å². The molecule has 2 atom stereocenters. The zero-order valence-electron chi connectivity index (χ0n) is 12.5. The molecule has 1 nitrogen and oxygen atoms in total. The first-order chi connectivity index (χ1) is 10.3. The van der Waals surface area contributed by atoms with E-state index in [1.54, 1.807) is 0 Å². The van der Waals surface area contributed by atoms with Crippen LogP contribution in [0.3, 0.4) is 0 Å². The highest BCUT2D eigenvalue weighted by atomic mass is 35.5. The van der Waals surface area contributed by atoms with Crippen LogP contribution in [-0.2, 0) is 6.42 Å². The molecule has 2 aromatic carbocycles. The van der Waals surface area contributed by atoms with Crippen molar-refractivity contribution < 1.29 is 0 Å². The molecule has 21 heavy (non-hydrogen) atoms. The van der Waals surface area contributed by atoms with Crippen molar-refractivity contribution in [1.82, 2.24) is 0 Å². The molecule has 2 heteroatoms. The van der Waals surface area contributed by atoms with E-state index in [9.17, 15) is 0 Å². The van der Waals surface area contributed by atoms with Crippen molar-refractivity contribution >= 4 is 17.3 Å². The maximum Gasteiger partial charge on any atom is 0.0577 e. The fourth-order valence-electron chi connectivity index (χ4n) is 3.30. The van der Waals surface area contributed by atoms with Crippen molar-refractivity contribution in [3.05, 3.63) is 65.2 Å². The van der Waals surface area contributed by atoms with E-state index in [2.05, 4.69) is 53.8 Å². The highest BCUT2D eigenvalue weighted by molar-refractivity contribution is 6.21. The Kier molecular flexibility index (Phi) is 4.50. The molecule has 0 fully saturated rings. The van der Waals surface area contributed by atoms with Crippen LogP contribution < -0.4 is 5.32 Å². The van der Waals surface area contributed by atoms with Gasteiger partial charge in [-0.1, -0.05) is 42.5 Å². The molecule has 110 valence electrons. The molecule has 0 spiro atoms. The van der Waals surface area contributed by atoms with Crippen LogP contribution in [-0.4, -0.2) is 6.54 Å². The Labute approximate surface area is 132 Å². The van der Waals surface area contributed by atoms with Crippen molar-refractivity contribution in [1.29, 1.82) is 0 Å². The summed E-state index contributed by atoms with van der Waals surface area (Å²) < 4.78 is 0. The van der Waals surface area contributed by atoms with Gasteiger partial charge in [-0.2, -0.15) is 0 Å². The Morgan fingerprint density at radius 2 is 1.90 bits per heavy atom. The Hall–Kier alpha value is -1.47. The van der Waals surface area contributed by atoms with Crippen molar-refractivity contribution in [2.75, 3.05) is 11.9 Å². The van der Waals surface area contributed by atoms with E-state index in [1.165, 1.54) is 41.6 Å². The lowest BCUT2D eigenvalue weighted by Crippen LogP contribution is -2.18. The summed E-state index contributed by atoms with van der Waals surface area (Å²) in [5.41, 5.74) is 5.40. The standard InChI is InChI=1S/C19H22ClN/c1-14(20)17-10-4-5-12-19(17)21-13-16-9-6-8-15-7-2-3-11-18(15)16/h2-5,7,10-12,14,16,21H,6,8-9,13H2,1H3. The third kappa shape index (κ3) is 3.24. The van der Waals surface area contributed by atoms with Crippen LogP contribution in [0.15, 0.2) is 48.5 Å². The van der Waals surface area contributed by atoms with Crippen LogP contribution in [0.1, 0.15) is 47.8 Å². The van der Waals surface area contributed by atoms with Gasteiger partial charge in [0.1, 0.15) is 0 Å². The summed E-state index contributed by atoms with van der Waals surface area (Å²) in [5.74, 6) is 0.605. The molecule has 0 aliphatic heterocycles. The summed E-state index contributed by atoms with van der Waals surface area (Å²) in [6.07, 6.45) is 3.78. The van der Waals surface area contributed by atoms with Gasteiger partial charge in [-0.25, -0.2) is 0 Å². The smallest absolute Gasteiger partial charge is 0.0577 e.